The zero-order valence-electron chi connectivity index (χ0n) is 13.3. The Kier molecular flexibility index (Phi) is 7.10. The van der Waals surface area contributed by atoms with Gasteiger partial charge in [-0.25, -0.2) is 4.98 Å². The molecule has 7 heteroatoms. The number of rotatable bonds is 5. The highest BCUT2D eigenvalue weighted by Crippen LogP contribution is 2.31. The number of nitrogens with one attached hydrogen (secondary N) is 2. The van der Waals surface area contributed by atoms with Gasteiger partial charge in [0.15, 0.2) is 5.96 Å². The summed E-state index contributed by atoms with van der Waals surface area (Å²) in [5.74, 6) is 2.21. The number of nitrogens with zero attached hydrogens (tertiary/aromatic N) is 2. The van der Waals surface area contributed by atoms with E-state index in [0.717, 1.165) is 23.6 Å². The van der Waals surface area contributed by atoms with E-state index in [-0.39, 0.29) is 30.0 Å². The van der Waals surface area contributed by atoms with E-state index in [4.69, 9.17) is 10.5 Å². The standard InChI is InChI=1S/C17H21N5O.HI/c18-17(21-11-10-20-16-7-3-4-9-19-16)22-14-8-12-23-15-6-2-1-5-13(14)15;/h1-7,9,14H,8,10-12H2,(H,19,20)(H3,18,21,22);1H. The zero-order valence-corrected chi connectivity index (χ0v) is 15.6. The number of anilines is 1. The molecule has 1 atom stereocenters. The van der Waals surface area contributed by atoms with Crippen molar-refractivity contribution in [2.45, 2.75) is 12.5 Å². The predicted molar refractivity (Wildman–Crippen MR) is 107 cm³/mol. The highest BCUT2D eigenvalue weighted by Gasteiger charge is 2.20. The summed E-state index contributed by atoms with van der Waals surface area (Å²) in [5, 5.41) is 6.48. The van der Waals surface area contributed by atoms with E-state index in [1.165, 1.54) is 0 Å². The lowest BCUT2D eigenvalue weighted by Gasteiger charge is -2.26. The van der Waals surface area contributed by atoms with E-state index in [0.29, 0.717) is 25.7 Å². The Hall–Kier alpha value is -2.03. The molecule has 0 bridgehead atoms. The Morgan fingerprint density at radius 3 is 2.92 bits per heavy atom. The van der Waals surface area contributed by atoms with Gasteiger partial charge in [-0.1, -0.05) is 24.3 Å². The van der Waals surface area contributed by atoms with Crippen LogP contribution in [0.4, 0.5) is 5.82 Å². The minimum absolute atomic E-state index is 0. The molecule has 24 heavy (non-hydrogen) atoms. The molecule has 6 nitrogen and oxygen atoms in total. The van der Waals surface area contributed by atoms with Crippen LogP contribution in [0, 0.1) is 0 Å². The van der Waals surface area contributed by atoms with Crippen LogP contribution in [0.2, 0.25) is 0 Å². The maximum atomic E-state index is 6.00. The highest BCUT2D eigenvalue weighted by atomic mass is 127. The second-order valence-corrected chi connectivity index (χ2v) is 5.28. The predicted octanol–water partition coefficient (Wildman–Crippen LogP) is 2.54. The minimum Gasteiger partial charge on any atom is -0.493 e. The van der Waals surface area contributed by atoms with Gasteiger partial charge in [0.1, 0.15) is 11.6 Å². The number of guanidine groups is 1. The lowest BCUT2D eigenvalue weighted by Crippen LogP contribution is -2.37. The summed E-state index contributed by atoms with van der Waals surface area (Å²) in [7, 11) is 0. The van der Waals surface area contributed by atoms with Crippen molar-refractivity contribution in [3.05, 3.63) is 54.2 Å². The van der Waals surface area contributed by atoms with Crippen LogP contribution in [-0.2, 0) is 0 Å². The van der Waals surface area contributed by atoms with Crippen LogP contribution < -0.4 is 21.1 Å². The second-order valence-electron chi connectivity index (χ2n) is 5.28. The molecular formula is C17H22IN5O. The molecule has 2 heterocycles. The molecule has 0 saturated heterocycles. The van der Waals surface area contributed by atoms with Crippen molar-refractivity contribution in [3.8, 4) is 5.75 Å². The van der Waals surface area contributed by atoms with Gasteiger partial charge in [0.05, 0.1) is 19.2 Å². The molecule has 0 saturated carbocycles. The van der Waals surface area contributed by atoms with Crippen LogP contribution in [0.15, 0.2) is 53.7 Å². The number of hydrogen-bond acceptors (Lipinski definition) is 4. The van der Waals surface area contributed by atoms with E-state index < -0.39 is 0 Å². The molecular weight excluding hydrogens is 417 g/mol. The number of benzene rings is 1. The minimum atomic E-state index is 0. The van der Waals surface area contributed by atoms with Gasteiger partial charge in [0.25, 0.3) is 0 Å². The van der Waals surface area contributed by atoms with Crippen LogP contribution in [-0.4, -0.2) is 30.6 Å². The highest BCUT2D eigenvalue weighted by molar-refractivity contribution is 14.0. The Bertz CT molecular complexity index is 665. The van der Waals surface area contributed by atoms with Crippen molar-refractivity contribution in [1.82, 2.24) is 10.3 Å². The third-order valence-electron chi connectivity index (χ3n) is 3.65. The molecule has 0 fully saturated rings. The lowest BCUT2D eigenvalue weighted by molar-refractivity contribution is 0.262. The zero-order chi connectivity index (χ0) is 15.9. The first kappa shape index (κ1) is 18.3. The summed E-state index contributed by atoms with van der Waals surface area (Å²) in [6.45, 7) is 1.95. The fourth-order valence-corrected chi connectivity index (χ4v) is 2.54. The fraction of sp³-hybridized carbons (Fsp3) is 0.294. The average Bonchev–Trinajstić information content (AvgIpc) is 2.60. The maximum absolute atomic E-state index is 6.00. The van der Waals surface area contributed by atoms with E-state index in [9.17, 15) is 0 Å². The molecule has 0 aliphatic carbocycles. The number of nitrogens with two attached hydrogens (primary N) is 1. The maximum Gasteiger partial charge on any atom is 0.189 e. The summed E-state index contributed by atoms with van der Waals surface area (Å²) in [4.78, 5) is 8.55. The summed E-state index contributed by atoms with van der Waals surface area (Å²) in [5.41, 5.74) is 7.12. The van der Waals surface area contributed by atoms with E-state index in [1.54, 1.807) is 6.20 Å². The molecule has 4 N–H and O–H groups in total. The van der Waals surface area contributed by atoms with Gasteiger partial charge in [-0.15, -0.1) is 24.0 Å². The first-order valence-corrected chi connectivity index (χ1v) is 7.76. The topological polar surface area (TPSA) is 84.6 Å². The van der Waals surface area contributed by atoms with Crippen molar-refractivity contribution in [1.29, 1.82) is 0 Å². The quantitative estimate of drug-likeness (QED) is 0.289. The second kappa shape index (κ2) is 9.31. The first-order valence-electron chi connectivity index (χ1n) is 7.76. The smallest absolute Gasteiger partial charge is 0.189 e. The number of halogens is 1. The summed E-state index contributed by atoms with van der Waals surface area (Å²) in [6, 6.07) is 13.9. The lowest BCUT2D eigenvalue weighted by atomic mass is 10.0. The molecule has 1 aliphatic rings. The number of aromatic nitrogens is 1. The van der Waals surface area contributed by atoms with E-state index in [1.807, 2.05) is 36.4 Å². The number of pyridine rings is 1. The Labute approximate surface area is 158 Å². The molecule has 1 aromatic heterocycles. The van der Waals surface area contributed by atoms with Gasteiger partial charge in [-0.3, -0.25) is 4.99 Å². The van der Waals surface area contributed by atoms with Gasteiger partial charge in [0.2, 0.25) is 0 Å². The van der Waals surface area contributed by atoms with Crippen LogP contribution >= 0.6 is 24.0 Å². The van der Waals surface area contributed by atoms with Crippen LogP contribution in [0.3, 0.4) is 0 Å². The van der Waals surface area contributed by atoms with Crippen LogP contribution in [0.5, 0.6) is 5.75 Å². The SMILES string of the molecule is I.NC(=NCCNc1ccccn1)NC1CCOc2ccccc21. The molecule has 1 unspecified atom stereocenters. The number of aliphatic imine (C=N–C) groups is 1. The van der Waals surface area contributed by atoms with Crippen molar-refractivity contribution in [2.75, 3.05) is 25.0 Å². The molecule has 0 amide bonds. The normalized spacial score (nSPS) is 16.3. The molecule has 0 spiro atoms. The van der Waals surface area contributed by atoms with Crippen molar-refractivity contribution < 1.29 is 4.74 Å². The van der Waals surface area contributed by atoms with E-state index in [2.05, 4.69) is 26.7 Å². The Morgan fingerprint density at radius 2 is 2.08 bits per heavy atom. The summed E-state index contributed by atoms with van der Waals surface area (Å²) >= 11 is 0. The van der Waals surface area contributed by atoms with Crippen LogP contribution in [0.25, 0.3) is 0 Å². The number of ether oxygens (including phenoxy) is 1. The van der Waals surface area contributed by atoms with Crippen molar-refractivity contribution >= 4 is 35.8 Å². The van der Waals surface area contributed by atoms with Gasteiger partial charge < -0.3 is 21.1 Å². The van der Waals surface area contributed by atoms with Gasteiger partial charge in [-0.2, -0.15) is 0 Å². The Balaban J connectivity index is 0.00000208. The molecule has 128 valence electrons. The number of para-hydroxylation sites is 1. The molecule has 2 aromatic rings. The van der Waals surface area contributed by atoms with Gasteiger partial charge in [0, 0.05) is 24.7 Å². The molecule has 1 aromatic carbocycles. The van der Waals surface area contributed by atoms with Crippen molar-refractivity contribution in [3.63, 3.8) is 0 Å². The molecule has 0 radical (unpaired) electrons. The fourth-order valence-electron chi connectivity index (χ4n) is 2.54. The van der Waals surface area contributed by atoms with E-state index >= 15 is 0 Å². The van der Waals surface area contributed by atoms with Crippen LogP contribution in [0.1, 0.15) is 18.0 Å². The number of hydrogen-bond donors (Lipinski definition) is 3. The summed E-state index contributed by atoms with van der Waals surface area (Å²) < 4.78 is 5.65. The molecule has 3 rings (SSSR count). The summed E-state index contributed by atoms with van der Waals surface area (Å²) in [6.07, 6.45) is 2.63. The average molecular weight is 439 g/mol. The first-order chi connectivity index (χ1) is 11.3. The third-order valence-corrected chi connectivity index (χ3v) is 3.65. The largest absolute Gasteiger partial charge is 0.493 e. The van der Waals surface area contributed by atoms with Crippen molar-refractivity contribution in [2.24, 2.45) is 10.7 Å². The monoisotopic (exact) mass is 439 g/mol. The van der Waals surface area contributed by atoms with Gasteiger partial charge >= 0.3 is 0 Å². The number of fused-ring (bicyclic) bond motifs is 1. The molecule has 1 aliphatic heterocycles. The Morgan fingerprint density at radius 1 is 1.25 bits per heavy atom. The third kappa shape index (κ3) is 4.98. The van der Waals surface area contributed by atoms with Gasteiger partial charge in [-0.05, 0) is 18.2 Å².